The van der Waals surface area contributed by atoms with Crippen LogP contribution in [-0.4, -0.2) is 6.10 Å². The Hall–Kier alpha value is -1.90. The number of rotatable bonds is 5. The molecule has 20 heavy (non-hydrogen) atoms. The monoisotopic (exact) mass is 273 g/mol. The summed E-state index contributed by atoms with van der Waals surface area (Å²) >= 11 is 0. The van der Waals surface area contributed by atoms with E-state index in [-0.39, 0.29) is 12.1 Å². The van der Waals surface area contributed by atoms with Crippen LogP contribution in [0.1, 0.15) is 43.9 Å². The van der Waals surface area contributed by atoms with Crippen molar-refractivity contribution in [2.75, 3.05) is 5.32 Å². The minimum atomic E-state index is 0.158. The Morgan fingerprint density at radius 1 is 1.10 bits per heavy atom. The quantitative estimate of drug-likeness (QED) is 0.845. The molecule has 1 heterocycles. The van der Waals surface area contributed by atoms with Crippen LogP contribution in [0.2, 0.25) is 0 Å². The van der Waals surface area contributed by atoms with Crippen LogP contribution in [0.15, 0.2) is 34.7 Å². The van der Waals surface area contributed by atoms with E-state index in [0.717, 1.165) is 23.0 Å². The lowest BCUT2D eigenvalue weighted by molar-refractivity contribution is 0.243. The van der Waals surface area contributed by atoms with E-state index in [0.29, 0.717) is 0 Å². The molecule has 3 heteroatoms. The zero-order valence-corrected chi connectivity index (χ0v) is 12.9. The Labute approximate surface area is 121 Å². The standard InChI is InChI=1S/C17H23NO2/c1-11(2)19-17-9-7-6-8-16(17)18-13(4)15-10-12(3)20-14(15)5/h6-11,13,18H,1-5H3. The molecule has 0 amide bonds. The van der Waals surface area contributed by atoms with E-state index in [1.54, 1.807) is 0 Å². The minimum Gasteiger partial charge on any atom is -0.489 e. The molecule has 0 aliphatic carbocycles. The van der Waals surface area contributed by atoms with Gasteiger partial charge in [0.15, 0.2) is 0 Å². The zero-order chi connectivity index (χ0) is 14.7. The molecule has 108 valence electrons. The number of nitrogens with one attached hydrogen (secondary N) is 1. The number of anilines is 1. The molecule has 0 fully saturated rings. The van der Waals surface area contributed by atoms with Crippen LogP contribution in [0.25, 0.3) is 0 Å². The van der Waals surface area contributed by atoms with Crippen LogP contribution in [0.5, 0.6) is 5.75 Å². The number of hydrogen-bond acceptors (Lipinski definition) is 3. The van der Waals surface area contributed by atoms with Crippen LogP contribution < -0.4 is 10.1 Å². The molecule has 0 saturated heterocycles. The molecule has 0 bridgehead atoms. The molecule has 1 atom stereocenters. The SMILES string of the molecule is Cc1cc(C(C)Nc2ccccc2OC(C)C)c(C)o1. The second kappa shape index (κ2) is 6.04. The van der Waals surface area contributed by atoms with Crippen LogP contribution in [0.4, 0.5) is 5.69 Å². The third-order valence-electron chi connectivity index (χ3n) is 3.17. The maximum absolute atomic E-state index is 5.83. The lowest BCUT2D eigenvalue weighted by atomic mass is 10.1. The van der Waals surface area contributed by atoms with Gasteiger partial charge < -0.3 is 14.5 Å². The summed E-state index contributed by atoms with van der Waals surface area (Å²) in [6.07, 6.45) is 0.158. The summed E-state index contributed by atoms with van der Waals surface area (Å²) in [5, 5.41) is 3.50. The van der Waals surface area contributed by atoms with Gasteiger partial charge in [-0.1, -0.05) is 12.1 Å². The summed E-state index contributed by atoms with van der Waals surface area (Å²) in [5.41, 5.74) is 2.19. The van der Waals surface area contributed by atoms with Gasteiger partial charge in [0.05, 0.1) is 17.8 Å². The molecule has 1 aromatic heterocycles. The van der Waals surface area contributed by atoms with Crippen LogP contribution in [0.3, 0.4) is 0 Å². The number of aryl methyl sites for hydroxylation is 2. The fourth-order valence-corrected chi connectivity index (χ4v) is 2.33. The molecule has 2 aromatic rings. The highest BCUT2D eigenvalue weighted by molar-refractivity contribution is 5.57. The molecule has 1 aromatic carbocycles. The van der Waals surface area contributed by atoms with Gasteiger partial charge in [0, 0.05) is 5.56 Å². The van der Waals surface area contributed by atoms with E-state index in [9.17, 15) is 0 Å². The summed E-state index contributed by atoms with van der Waals surface area (Å²) in [5.74, 6) is 2.79. The minimum absolute atomic E-state index is 0.158. The molecule has 0 aliphatic heterocycles. The number of benzene rings is 1. The Balaban J connectivity index is 2.19. The van der Waals surface area contributed by atoms with Crippen molar-refractivity contribution >= 4 is 5.69 Å². The van der Waals surface area contributed by atoms with Crippen molar-refractivity contribution in [2.45, 2.75) is 46.8 Å². The number of ether oxygens (including phenoxy) is 1. The van der Waals surface area contributed by atoms with E-state index in [4.69, 9.17) is 9.15 Å². The summed E-state index contributed by atoms with van der Waals surface area (Å²) in [6.45, 7) is 10.2. The largest absolute Gasteiger partial charge is 0.489 e. The lowest BCUT2D eigenvalue weighted by Gasteiger charge is -2.19. The van der Waals surface area contributed by atoms with Crippen molar-refractivity contribution in [3.63, 3.8) is 0 Å². The molecule has 0 saturated carbocycles. The summed E-state index contributed by atoms with van der Waals surface area (Å²) in [7, 11) is 0. The predicted octanol–water partition coefficient (Wildman–Crippen LogP) is 4.86. The van der Waals surface area contributed by atoms with Gasteiger partial charge in [0.1, 0.15) is 17.3 Å². The van der Waals surface area contributed by atoms with Gasteiger partial charge in [0.2, 0.25) is 0 Å². The van der Waals surface area contributed by atoms with Crippen molar-refractivity contribution in [3.8, 4) is 5.75 Å². The predicted molar refractivity (Wildman–Crippen MR) is 82.4 cm³/mol. The number of hydrogen-bond donors (Lipinski definition) is 1. The summed E-state index contributed by atoms with van der Waals surface area (Å²) in [6, 6.07) is 10.3. The van der Waals surface area contributed by atoms with Crippen molar-refractivity contribution in [1.29, 1.82) is 0 Å². The third-order valence-corrected chi connectivity index (χ3v) is 3.17. The first-order chi connectivity index (χ1) is 9.47. The average Bonchev–Trinajstić information content (AvgIpc) is 2.70. The van der Waals surface area contributed by atoms with E-state index < -0.39 is 0 Å². The number of furan rings is 1. The van der Waals surface area contributed by atoms with Gasteiger partial charge in [-0.05, 0) is 52.8 Å². The Morgan fingerprint density at radius 3 is 2.40 bits per heavy atom. The molecule has 0 radical (unpaired) electrons. The van der Waals surface area contributed by atoms with Crippen LogP contribution in [-0.2, 0) is 0 Å². The highest BCUT2D eigenvalue weighted by Crippen LogP contribution is 2.30. The highest BCUT2D eigenvalue weighted by Gasteiger charge is 2.14. The molecule has 2 rings (SSSR count). The summed E-state index contributed by atoms with van der Waals surface area (Å²) in [4.78, 5) is 0. The molecule has 0 spiro atoms. The van der Waals surface area contributed by atoms with Gasteiger partial charge in [-0.3, -0.25) is 0 Å². The first kappa shape index (κ1) is 14.5. The Bertz CT molecular complexity index is 572. The molecule has 3 nitrogen and oxygen atoms in total. The average molecular weight is 273 g/mol. The van der Waals surface area contributed by atoms with Gasteiger partial charge >= 0.3 is 0 Å². The smallest absolute Gasteiger partial charge is 0.142 e. The Kier molecular flexibility index (Phi) is 4.38. The molecule has 1 unspecified atom stereocenters. The summed E-state index contributed by atoms with van der Waals surface area (Å²) < 4.78 is 11.4. The van der Waals surface area contributed by atoms with Crippen LogP contribution >= 0.6 is 0 Å². The zero-order valence-electron chi connectivity index (χ0n) is 12.9. The topological polar surface area (TPSA) is 34.4 Å². The molecule has 0 aliphatic rings. The second-order valence-electron chi connectivity index (χ2n) is 5.40. The van der Waals surface area contributed by atoms with Crippen molar-refractivity contribution < 1.29 is 9.15 Å². The Morgan fingerprint density at radius 2 is 1.80 bits per heavy atom. The van der Waals surface area contributed by atoms with Gasteiger partial charge in [-0.2, -0.15) is 0 Å². The lowest BCUT2D eigenvalue weighted by Crippen LogP contribution is -2.11. The van der Waals surface area contributed by atoms with Crippen LogP contribution in [0, 0.1) is 13.8 Å². The van der Waals surface area contributed by atoms with E-state index in [2.05, 4.69) is 18.3 Å². The van der Waals surface area contributed by atoms with Crippen molar-refractivity contribution in [3.05, 3.63) is 47.4 Å². The van der Waals surface area contributed by atoms with Crippen molar-refractivity contribution in [1.82, 2.24) is 0 Å². The van der Waals surface area contributed by atoms with E-state index in [1.807, 2.05) is 52.0 Å². The maximum Gasteiger partial charge on any atom is 0.142 e. The molecular formula is C17H23NO2. The van der Waals surface area contributed by atoms with E-state index in [1.165, 1.54) is 5.56 Å². The molecular weight excluding hydrogens is 250 g/mol. The number of para-hydroxylation sites is 2. The first-order valence-corrected chi connectivity index (χ1v) is 7.06. The fourth-order valence-electron chi connectivity index (χ4n) is 2.33. The van der Waals surface area contributed by atoms with E-state index >= 15 is 0 Å². The maximum atomic E-state index is 5.83. The van der Waals surface area contributed by atoms with Crippen molar-refractivity contribution in [2.24, 2.45) is 0 Å². The molecule has 1 N–H and O–H groups in total. The van der Waals surface area contributed by atoms with Gasteiger partial charge in [0.25, 0.3) is 0 Å². The normalized spacial score (nSPS) is 12.5. The second-order valence-corrected chi connectivity index (χ2v) is 5.40. The third kappa shape index (κ3) is 3.35. The van der Waals surface area contributed by atoms with Gasteiger partial charge in [-0.15, -0.1) is 0 Å². The fraction of sp³-hybridized carbons (Fsp3) is 0.412. The van der Waals surface area contributed by atoms with Gasteiger partial charge in [-0.25, -0.2) is 0 Å². The first-order valence-electron chi connectivity index (χ1n) is 7.06. The highest BCUT2D eigenvalue weighted by atomic mass is 16.5.